The number of hydrogen-bond donors (Lipinski definition) is 2. The minimum atomic E-state index is -0.477. The van der Waals surface area contributed by atoms with Gasteiger partial charge in [0.2, 0.25) is 0 Å². The maximum atomic E-state index is 14.1. The number of aliphatic hydroxyl groups is 1. The van der Waals surface area contributed by atoms with Gasteiger partial charge in [0.1, 0.15) is 18.0 Å². The van der Waals surface area contributed by atoms with Crippen molar-refractivity contribution < 1.29 is 9.50 Å². The summed E-state index contributed by atoms with van der Waals surface area (Å²) in [6.07, 6.45) is 4.96. The van der Waals surface area contributed by atoms with E-state index in [0.29, 0.717) is 23.1 Å². The number of aliphatic hydroxyl groups excluding tert-OH is 1. The summed E-state index contributed by atoms with van der Waals surface area (Å²) in [6.45, 7) is 0. The maximum Gasteiger partial charge on any atom is 0.140 e. The zero-order chi connectivity index (χ0) is 15.1. The normalized spacial score (nSPS) is 24.2. The van der Waals surface area contributed by atoms with Gasteiger partial charge in [0.15, 0.2) is 0 Å². The Morgan fingerprint density at radius 1 is 1.27 bits per heavy atom. The highest BCUT2D eigenvalue weighted by Crippen LogP contribution is 2.35. The van der Waals surface area contributed by atoms with E-state index >= 15 is 0 Å². The Morgan fingerprint density at radius 3 is 2.95 bits per heavy atom. The molecule has 0 amide bonds. The summed E-state index contributed by atoms with van der Waals surface area (Å²) in [7, 11) is 0. The smallest absolute Gasteiger partial charge is 0.140 e. The standard InChI is InChI=1S/C15H14FN5O/c16-9-3-1-4-10-13(9)15(18-8-17-10)20-11-7-12(22)14(11)21-6-2-5-19-21/h1-6,8,11-12,14,22H,7H2,(H,17,18,20)/t11-,12+,14+/m0/s1. The predicted octanol–water partition coefficient (Wildman–Crippen LogP) is 1.75. The number of nitrogens with zero attached hydrogens (tertiary/aromatic N) is 4. The fourth-order valence-electron chi connectivity index (χ4n) is 2.93. The van der Waals surface area contributed by atoms with Gasteiger partial charge >= 0.3 is 0 Å². The number of nitrogens with one attached hydrogen (secondary N) is 1. The first-order valence-corrected chi connectivity index (χ1v) is 7.07. The Bertz CT molecular complexity index is 802. The van der Waals surface area contributed by atoms with E-state index in [-0.39, 0.29) is 17.9 Å². The molecule has 1 aliphatic carbocycles. The molecular formula is C15H14FN5O. The number of benzene rings is 1. The molecule has 0 saturated heterocycles. The van der Waals surface area contributed by atoms with Crippen LogP contribution in [0, 0.1) is 5.82 Å². The van der Waals surface area contributed by atoms with Crippen LogP contribution >= 0.6 is 0 Å². The molecule has 0 bridgehead atoms. The molecule has 1 fully saturated rings. The van der Waals surface area contributed by atoms with Gasteiger partial charge in [0.25, 0.3) is 0 Å². The van der Waals surface area contributed by atoms with E-state index in [0.717, 1.165) is 0 Å². The molecule has 1 saturated carbocycles. The molecule has 2 aromatic heterocycles. The molecule has 6 nitrogen and oxygen atoms in total. The fraction of sp³-hybridized carbons (Fsp3) is 0.267. The van der Waals surface area contributed by atoms with Crippen LogP contribution in [-0.4, -0.2) is 37.0 Å². The molecule has 1 aliphatic rings. The molecule has 22 heavy (non-hydrogen) atoms. The molecule has 3 aromatic rings. The maximum absolute atomic E-state index is 14.1. The van der Waals surface area contributed by atoms with Crippen LogP contribution in [0.2, 0.25) is 0 Å². The Labute approximate surface area is 125 Å². The van der Waals surface area contributed by atoms with Gasteiger partial charge in [-0.05, 0) is 24.6 Å². The molecule has 0 aliphatic heterocycles. The summed E-state index contributed by atoms with van der Waals surface area (Å²) in [5.41, 5.74) is 0.549. The van der Waals surface area contributed by atoms with Gasteiger partial charge in [-0.1, -0.05) is 6.07 Å². The van der Waals surface area contributed by atoms with Crippen LogP contribution in [0.3, 0.4) is 0 Å². The molecule has 2 heterocycles. The summed E-state index contributed by atoms with van der Waals surface area (Å²) >= 11 is 0. The van der Waals surface area contributed by atoms with Crippen molar-refractivity contribution >= 4 is 16.7 Å². The second kappa shape index (κ2) is 5.03. The number of rotatable bonds is 3. The number of fused-ring (bicyclic) bond motifs is 1. The second-order valence-corrected chi connectivity index (χ2v) is 5.39. The van der Waals surface area contributed by atoms with E-state index in [4.69, 9.17) is 0 Å². The van der Waals surface area contributed by atoms with Crippen molar-refractivity contribution in [3.8, 4) is 0 Å². The van der Waals surface area contributed by atoms with Gasteiger partial charge in [-0.2, -0.15) is 5.10 Å². The molecule has 112 valence electrons. The fourth-order valence-corrected chi connectivity index (χ4v) is 2.93. The lowest BCUT2D eigenvalue weighted by atomic mass is 9.83. The highest BCUT2D eigenvalue weighted by molar-refractivity contribution is 5.89. The van der Waals surface area contributed by atoms with E-state index in [1.165, 1.54) is 12.4 Å². The van der Waals surface area contributed by atoms with E-state index in [1.54, 1.807) is 29.2 Å². The van der Waals surface area contributed by atoms with Gasteiger partial charge in [0, 0.05) is 12.4 Å². The molecule has 3 atom stereocenters. The van der Waals surface area contributed by atoms with Gasteiger partial charge in [-0.3, -0.25) is 4.68 Å². The van der Waals surface area contributed by atoms with Crippen molar-refractivity contribution in [3.05, 3.63) is 48.8 Å². The highest BCUT2D eigenvalue weighted by atomic mass is 19.1. The Hall–Kier alpha value is -2.54. The average molecular weight is 299 g/mol. The molecular weight excluding hydrogens is 285 g/mol. The van der Waals surface area contributed by atoms with Gasteiger partial charge in [0.05, 0.1) is 29.1 Å². The van der Waals surface area contributed by atoms with Crippen molar-refractivity contribution in [1.29, 1.82) is 0 Å². The van der Waals surface area contributed by atoms with Crippen molar-refractivity contribution in [2.24, 2.45) is 0 Å². The molecule has 0 radical (unpaired) electrons. The molecule has 0 unspecified atom stereocenters. The monoisotopic (exact) mass is 299 g/mol. The average Bonchev–Trinajstić information content (AvgIpc) is 3.00. The van der Waals surface area contributed by atoms with Crippen LogP contribution in [-0.2, 0) is 0 Å². The number of halogens is 1. The predicted molar refractivity (Wildman–Crippen MR) is 78.8 cm³/mol. The molecule has 7 heteroatoms. The van der Waals surface area contributed by atoms with Gasteiger partial charge in [-0.15, -0.1) is 0 Å². The van der Waals surface area contributed by atoms with Crippen molar-refractivity contribution in [2.45, 2.75) is 24.6 Å². The van der Waals surface area contributed by atoms with E-state index < -0.39 is 6.10 Å². The third kappa shape index (κ3) is 2.01. The van der Waals surface area contributed by atoms with Crippen LogP contribution < -0.4 is 5.32 Å². The molecule has 0 spiro atoms. The molecule has 1 aromatic carbocycles. The van der Waals surface area contributed by atoms with Crippen molar-refractivity contribution in [2.75, 3.05) is 5.32 Å². The first kappa shape index (κ1) is 13.1. The zero-order valence-corrected chi connectivity index (χ0v) is 11.6. The number of anilines is 1. The summed E-state index contributed by atoms with van der Waals surface area (Å²) in [4.78, 5) is 8.24. The first-order chi connectivity index (χ1) is 10.7. The van der Waals surface area contributed by atoms with Gasteiger partial charge in [-0.25, -0.2) is 14.4 Å². The third-order valence-corrected chi connectivity index (χ3v) is 4.07. The van der Waals surface area contributed by atoms with Crippen LogP contribution in [0.15, 0.2) is 43.0 Å². The van der Waals surface area contributed by atoms with Crippen LogP contribution in [0.25, 0.3) is 10.9 Å². The first-order valence-electron chi connectivity index (χ1n) is 7.07. The minimum absolute atomic E-state index is 0.0624. The molecule has 4 rings (SSSR count). The second-order valence-electron chi connectivity index (χ2n) is 5.39. The third-order valence-electron chi connectivity index (χ3n) is 4.07. The lowest BCUT2D eigenvalue weighted by Gasteiger charge is -2.42. The quantitative estimate of drug-likeness (QED) is 0.770. The Kier molecular flexibility index (Phi) is 3.00. The summed E-state index contributed by atoms with van der Waals surface area (Å²) < 4.78 is 15.8. The summed E-state index contributed by atoms with van der Waals surface area (Å²) in [5, 5.41) is 17.7. The van der Waals surface area contributed by atoms with Gasteiger partial charge < -0.3 is 10.4 Å². The van der Waals surface area contributed by atoms with Crippen LogP contribution in [0.5, 0.6) is 0 Å². The zero-order valence-electron chi connectivity index (χ0n) is 11.6. The van der Waals surface area contributed by atoms with Crippen molar-refractivity contribution in [1.82, 2.24) is 19.7 Å². The number of aromatic nitrogens is 4. The van der Waals surface area contributed by atoms with Crippen LogP contribution in [0.4, 0.5) is 10.2 Å². The highest BCUT2D eigenvalue weighted by Gasteiger charge is 2.42. The molecule has 2 N–H and O–H groups in total. The lowest BCUT2D eigenvalue weighted by molar-refractivity contribution is 0.0133. The number of hydrogen-bond acceptors (Lipinski definition) is 5. The largest absolute Gasteiger partial charge is 0.391 e. The topological polar surface area (TPSA) is 75.9 Å². The van der Waals surface area contributed by atoms with Crippen LogP contribution in [0.1, 0.15) is 12.5 Å². The van der Waals surface area contributed by atoms with Crippen molar-refractivity contribution in [3.63, 3.8) is 0 Å². The van der Waals surface area contributed by atoms with E-state index in [9.17, 15) is 9.50 Å². The van der Waals surface area contributed by atoms with E-state index in [1.807, 2.05) is 6.07 Å². The Morgan fingerprint density at radius 2 is 2.18 bits per heavy atom. The summed E-state index contributed by atoms with van der Waals surface area (Å²) in [6, 6.07) is 6.30. The lowest BCUT2D eigenvalue weighted by Crippen LogP contribution is -2.51. The SMILES string of the molecule is O[C@@H]1C[C@H](Nc2ncnc3cccc(F)c23)[C@H]1n1cccn1. The van der Waals surface area contributed by atoms with E-state index in [2.05, 4.69) is 20.4 Å². The summed E-state index contributed by atoms with van der Waals surface area (Å²) in [5.74, 6) is 0.0771. The minimum Gasteiger partial charge on any atom is -0.391 e. The Balaban J connectivity index is 1.67.